The molecular weight excluding hydrogens is 268 g/mol. The van der Waals surface area contributed by atoms with E-state index in [1.807, 2.05) is 0 Å². The molecule has 0 atom stereocenters. The van der Waals surface area contributed by atoms with E-state index < -0.39 is 0 Å². The summed E-state index contributed by atoms with van der Waals surface area (Å²) in [7, 11) is 0. The molecule has 0 radical (unpaired) electrons. The summed E-state index contributed by atoms with van der Waals surface area (Å²) in [5.41, 5.74) is 0.539. The van der Waals surface area contributed by atoms with E-state index in [-0.39, 0.29) is 22.8 Å². The van der Waals surface area contributed by atoms with Crippen LogP contribution in [0.5, 0.6) is 17.2 Å². The molecule has 0 aromatic heterocycles. The molecule has 2 N–H and O–H groups in total. The zero-order valence-electron chi connectivity index (χ0n) is 13.3. The van der Waals surface area contributed by atoms with Crippen LogP contribution >= 0.6 is 0 Å². The lowest BCUT2D eigenvalue weighted by atomic mass is 9.98. The van der Waals surface area contributed by atoms with Crippen molar-refractivity contribution >= 4 is 6.29 Å². The normalized spacial score (nSPS) is 11.1. The summed E-state index contributed by atoms with van der Waals surface area (Å²) < 4.78 is 5.53. The smallest absolute Gasteiger partial charge is 0.157 e. The number of ether oxygens (including phenoxy) is 1. The fourth-order valence-corrected chi connectivity index (χ4v) is 2.01. The third kappa shape index (κ3) is 4.96. The fourth-order valence-electron chi connectivity index (χ4n) is 2.01. The van der Waals surface area contributed by atoms with E-state index in [1.54, 1.807) is 0 Å². The molecule has 4 heteroatoms. The number of phenolic OH excluding ortho intramolecular Hbond substituents is 2. The topological polar surface area (TPSA) is 66.8 Å². The first-order valence-corrected chi connectivity index (χ1v) is 7.52. The number of hydrogen-bond donors (Lipinski definition) is 2. The number of aldehydes is 1. The Morgan fingerprint density at radius 2 is 1.76 bits per heavy atom. The second kappa shape index (κ2) is 7.91. The van der Waals surface area contributed by atoms with Crippen LogP contribution in [-0.2, 0) is 6.42 Å². The van der Waals surface area contributed by atoms with Crippen molar-refractivity contribution in [2.24, 2.45) is 11.8 Å². The largest absolute Gasteiger partial charge is 0.507 e. The van der Waals surface area contributed by atoms with Gasteiger partial charge in [-0.3, -0.25) is 4.79 Å². The monoisotopic (exact) mass is 294 g/mol. The summed E-state index contributed by atoms with van der Waals surface area (Å²) >= 11 is 0. The summed E-state index contributed by atoms with van der Waals surface area (Å²) in [6, 6.07) is 1.43. The van der Waals surface area contributed by atoms with Gasteiger partial charge >= 0.3 is 0 Å². The molecule has 0 aliphatic rings. The molecule has 0 bridgehead atoms. The zero-order valence-corrected chi connectivity index (χ0v) is 13.3. The highest BCUT2D eigenvalue weighted by Gasteiger charge is 2.18. The van der Waals surface area contributed by atoms with Gasteiger partial charge in [-0.1, -0.05) is 27.7 Å². The van der Waals surface area contributed by atoms with Crippen LogP contribution in [0.15, 0.2) is 6.07 Å². The van der Waals surface area contributed by atoms with Crippen molar-refractivity contribution in [2.45, 2.75) is 47.0 Å². The van der Waals surface area contributed by atoms with Gasteiger partial charge in [0.25, 0.3) is 0 Å². The van der Waals surface area contributed by atoms with Crippen LogP contribution < -0.4 is 4.74 Å². The Morgan fingerprint density at radius 1 is 1.14 bits per heavy atom. The van der Waals surface area contributed by atoms with Crippen molar-refractivity contribution in [2.75, 3.05) is 6.61 Å². The Hall–Kier alpha value is -1.71. The number of carbonyl (C=O) groups excluding carboxylic acids is 1. The fraction of sp³-hybridized carbons (Fsp3) is 0.588. The lowest BCUT2D eigenvalue weighted by Gasteiger charge is -2.15. The molecule has 0 heterocycles. The van der Waals surface area contributed by atoms with E-state index in [1.165, 1.54) is 6.07 Å². The van der Waals surface area contributed by atoms with Gasteiger partial charge in [0.1, 0.15) is 17.2 Å². The summed E-state index contributed by atoms with van der Waals surface area (Å²) in [6.45, 7) is 8.74. The van der Waals surface area contributed by atoms with Gasteiger partial charge < -0.3 is 14.9 Å². The van der Waals surface area contributed by atoms with Gasteiger partial charge in [-0.15, -0.1) is 0 Å². The first kappa shape index (κ1) is 17.3. The Bertz CT molecular complexity index is 478. The van der Waals surface area contributed by atoms with Gasteiger partial charge in [0, 0.05) is 11.6 Å². The maximum Gasteiger partial charge on any atom is 0.157 e. The van der Waals surface area contributed by atoms with Crippen molar-refractivity contribution in [1.82, 2.24) is 0 Å². The molecular formula is C17H26O4. The summed E-state index contributed by atoms with van der Waals surface area (Å²) in [5, 5.41) is 20.3. The van der Waals surface area contributed by atoms with E-state index in [0.29, 0.717) is 36.7 Å². The van der Waals surface area contributed by atoms with Crippen LogP contribution in [0, 0.1) is 11.8 Å². The molecule has 1 rings (SSSR count). The summed E-state index contributed by atoms with van der Waals surface area (Å²) in [6.07, 6.45) is 2.78. The summed E-state index contributed by atoms with van der Waals surface area (Å²) in [4.78, 5) is 11.2. The Morgan fingerprint density at radius 3 is 2.29 bits per heavy atom. The van der Waals surface area contributed by atoms with Gasteiger partial charge in [-0.2, -0.15) is 0 Å². The van der Waals surface area contributed by atoms with Gasteiger partial charge in [0.2, 0.25) is 0 Å². The standard InChI is InChI=1S/C17H26O4/c1-11(2)5-6-13-15(19)9-16(14(10-18)17(13)20)21-8-7-12(3)4/h9-12,19-20H,5-8H2,1-4H3. The van der Waals surface area contributed by atoms with Gasteiger partial charge in [0.15, 0.2) is 6.29 Å². The first-order chi connectivity index (χ1) is 9.86. The molecule has 0 amide bonds. The zero-order chi connectivity index (χ0) is 16.0. The number of hydrogen-bond acceptors (Lipinski definition) is 4. The average Bonchev–Trinajstić information content (AvgIpc) is 2.37. The van der Waals surface area contributed by atoms with Crippen LogP contribution in [0.1, 0.15) is 56.5 Å². The molecule has 0 aliphatic heterocycles. The molecule has 0 saturated carbocycles. The maximum atomic E-state index is 11.2. The van der Waals surface area contributed by atoms with Crippen molar-refractivity contribution in [1.29, 1.82) is 0 Å². The predicted molar refractivity (Wildman–Crippen MR) is 83.3 cm³/mol. The van der Waals surface area contributed by atoms with Gasteiger partial charge in [-0.05, 0) is 31.1 Å². The lowest BCUT2D eigenvalue weighted by molar-refractivity contribution is 0.111. The number of aromatic hydroxyl groups is 2. The van der Waals surface area contributed by atoms with Crippen molar-refractivity contribution < 1.29 is 19.7 Å². The van der Waals surface area contributed by atoms with E-state index in [9.17, 15) is 15.0 Å². The maximum absolute atomic E-state index is 11.2. The van der Waals surface area contributed by atoms with Crippen LogP contribution in [-0.4, -0.2) is 23.1 Å². The molecule has 0 saturated heterocycles. The SMILES string of the molecule is CC(C)CCOc1cc(O)c(CCC(C)C)c(O)c1C=O. The third-order valence-electron chi connectivity index (χ3n) is 3.43. The number of carbonyl (C=O) groups is 1. The molecule has 0 aliphatic carbocycles. The minimum atomic E-state index is -0.162. The van der Waals surface area contributed by atoms with Crippen molar-refractivity contribution in [3.63, 3.8) is 0 Å². The molecule has 1 aromatic carbocycles. The van der Waals surface area contributed by atoms with Crippen LogP contribution in [0.4, 0.5) is 0 Å². The second-order valence-electron chi connectivity index (χ2n) is 6.22. The Kier molecular flexibility index (Phi) is 6.53. The average molecular weight is 294 g/mol. The van der Waals surface area contributed by atoms with E-state index in [4.69, 9.17) is 4.74 Å². The molecule has 21 heavy (non-hydrogen) atoms. The molecule has 1 aromatic rings. The van der Waals surface area contributed by atoms with Crippen LogP contribution in [0.25, 0.3) is 0 Å². The summed E-state index contributed by atoms with van der Waals surface area (Å²) in [5.74, 6) is 1.00. The van der Waals surface area contributed by atoms with Crippen molar-refractivity contribution in [3.8, 4) is 17.2 Å². The van der Waals surface area contributed by atoms with Gasteiger partial charge in [-0.25, -0.2) is 0 Å². The Labute approximate surface area is 126 Å². The molecule has 118 valence electrons. The highest BCUT2D eigenvalue weighted by Crippen LogP contribution is 2.38. The second-order valence-corrected chi connectivity index (χ2v) is 6.22. The number of rotatable bonds is 8. The van der Waals surface area contributed by atoms with Crippen molar-refractivity contribution in [3.05, 3.63) is 17.2 Å². The highest BCUT2D eigenvalue weighted by molar-refractivity contribution is 5.85. The highest BCUT2D eigenvalue weighted by atomic mass is 16.5. The molecule has 0 unspecified atom stereocenters. The minimum absolute atomic E-state index is 0.0155. The lowest BCUT2D eigenvalue weighted by Crippen LogP contribution is -2.04. The number of phenols is 2. The van der Waals surface area contributed by atoms with Crippen LogP contribution in [0.2, 0.25) is 0 Å². The minimum Gasteiger partial charge on any atom is -0.507 e. The van der Waals surface area contributed by atoms with E-state index in [0.717, 1.165) is 12.8 Å². The molecule has 4 nitrogen and oxygen atoms in total. The van der Waals surface area contributed by atoms with Crippen LogP contribution in [0.3, 0.4) is 0 Å². The Balaban J connectivity index is 2.98. The first-order valence-electron chi connectivity index (χ1n) is 7.52. The van der Waals surface area contributed by atoms with E-state index in [2.05, 4.69) is 27.7 Å². The molecule has 0 spiro atoms. The quantitative estimate of drug-likeness (QED) is 0.713. The van der Waals surface area contributed by atoms with E-state index >= 15 is 0 Å². The predicted octanol–water partition coefficient (Wildman–Crippen LogP) is 3.92. The molecule has 0 fully saturated rings. The number of benzene rings is 1. The third-order valence-corrected chi connectivity index (χ3v) is 3.43. The van der Waals surface area contributed by atoms with Gasteiger partial charge in [0.05, 0.1) is 12.2 Å².